The van der Waals surface area contributed by atoms with Crippen LogP contribution in [0.2, 0.25) is 0 Å². The number of rotatable bonds is 6. The number of carbonyl (C=O) groups is 2. The molecule has 1 aliphatic heterocycles. The van der Waals surface area contributed by atoms with Gasteiger partial charge in [0.2, 0.25) is 0 Å². The molecule has 23 heavy (non-hydrogen) atoms. The second kappa shape index (κ2) is 8.53. The topological polar surface area (TPSA) is 71.8 Å². The SMILES string of the molecule is COC(=O)/C=C/CNC(=O)c1ccc(CN2CCC(C)CC2)o1. The lowest BCUT2D eigenvalue weighted by Crippen LogP contribution is -2.32. The Morgan fingerprint density at radius 1 is 1.39 bits per heavy atom. The molecule has 1 N–H and O–H groups in total. The summed E-state index contributed by atoms with van der Waals surface area (Å²) in [5, 5.41) is 2.66. The van der Waals surface area contributed by atoms with Crippen molar-refractivity contribution in [3.05, 3.63) is 35.8 Å². The fourth-order valence-corrected chi connectivity index (χ4v) is 2.49. The minimum Gasteiger partial charge on any atom is -0.466 e. The number of nitrogens with one attached hydrogen (secondary N) is 1. The molecule has 0 unspecified atom stereocenters. The predicted octanol–water partition coefficient (Wildman–Crippen LogP) is 1.97. The molecule has 2 rings (SSSR count). The van der Waals surface area contributed by atoms with Crippen molar-refractivity contribution in [1.82, 2.24) is 10.2 Å². The molecule has 0 bridgehead atoms. The molecule has 1 aromatic heterocycles. The van der Waals surface area contributed by atoms with Crippen LogP contribution >= 0.6 is 0 Å². The standard InChI is InChI=1S/C17H24N2O4/c1-13-7-10-19(11-8-13)12-14-5-6-15(23-14)17(21)18-9-3-4-16(20)22-2/h3-6,13H,7-12H2,1-2H3,(H,18,21)/b4-3+. The van der Waals surface area contributed by atoms with E-state index in [0.717, 1.165) is 31.3 Å². The third-order valence-electron chi connectivity index (χ3n) is 3.98. The van der Waals surface area contributed by atoms with Crippen LogP contribution in [0.4, 0.5) is 0 Å². The van der Waals surface area contributed by atoms with Gasteiger partial charge in [0.1, 0.15) is 5.76 Å². The van der Waals surface area contributed by atoms with Gasteiger partial charge in [0, 0.05) is 12.6 Å². The maximum Gasteiger partial charge on any atom is 0.330 e. The Morgan fingerprint density at radius 3 is 2.83 bits per heavy atom. The van der Waals surface area contributed by atoms with Crippen LogP contribution in [0.3, 0.4) is 0 Å². The predicted molar refractivity (Wildman–Crippen MR) is 85.9 cm³/mol. The summed E-state index contributed by atoms with van der Waals surface area (Å²) in [5.74, 6) is 1.14. The summed E-state index contributed by atoms with van der Waals surface area (Å²) < 4.78 is 10.1. The first-order valence-electron chi connectivity index (χ1n) is 7.92. The highest BCUT2D eigenvalue weighted by molar-refractivity contribution is 5.91. The average molecular weight is 320 g/mol. The molecule has 0 atom stereocenters. The number of esters is 1. The molecule has 6 heteroatoms. The number of furan rings is 1. The van der Waals surface area contributed by atoms with Crippen molar-refractivity contribution >= 4 is 11.9 Å². The highest BCUT2D eigenvalue weighted by atomic mass is 16.5. The largest absolute Gasteiger partial charge is 0.466 e. The van der Waals surface area contributed by atoms with Crippen LogP contribution in [0.15, 0.2) is 28.7 Å². The molecule has 0 aromatic carbocycles. The number of piperidine rings is 1. The molecule has 0 aliphatic carbocycles. The van der Waals surface area contributed by atoms with E-state index >= 15 is 0 Å². The first-order chi connectivity index (χ1) is 11.1. The van der Waals surface area contributed by atoms with Gasteiger partial charge in [0.25, 0.3) is 5.91 Å². The molecular formula is C17H24N2O4. The number of hydrogen-bond acceptors (Lipinski definition) is 5. The number of nitrogens with zero attached hydrogens (tertiary/aromatic N) is 1. The van der Waals surface area contributed by atoms with E-state index in [0.29, 0.717) is 0 Å². The zero-order valence-corrected chi connectivity index (χ0v) is 13.7. The second-order valence-electron chi connectivity index (χ2n) is 5.86. The summed E-state index contributed by atoms with van der Waals surface area (Å²) in [4.78, 5) is 25.2. The molecule has 1 amide bonds. The number of carbonyl (C=O) groups excluding carboxylic acids is 2. The molecule has 1 aliphatic rings. The molecule has 6 nitrogen and oxygen atoms in total. The Morgan fingerprint density at radius 2 is 2.13 bits per heavy atom. The summed E-state index contributed by atoms with van der Waals surface area (Å²) in [6.45, 7) is 5.40. The van der Waals surface area contributed by atoms with Crippen molar-refractivity contribution in [3.8, 4) is 0 Å². The Hall–Kier alpha value is -2.08. The third-order valence-corrected chi connectivity index (χ3v) is 3.98. The van der Waals surface area contributed by atoms with E-state index in [2.05, 4.69) is 21.9 Å². The van der Waals surface area contributed by atoms with E-state index in [1.807, 2.05) is 6.07 Å². The Labute approximate surface area is 136 Å². The Balaban J connectivity index is 1.78. The first kappa shape index (κ1) is 17.3. The zero-order chi connectivity index (χ0) is 16.7. The van der Waals surface area contributed by atoms with E-state index in [4.69, 9.17) is 4.42 Å². The van der Waals surface area contributed by atoms with Crippen LogP contribution in [-0.4, -0.2) is 43.5 Å². The fourth-order valence-electron chi connectivity index (χ4n) is 2.49. The minimum atomic E-state index is -0.449. The summed E-state index contributed by atoms with van der Waals surface area (Å²) in [6, 6.07) is 3.53. The summed E-state index contributed by atoms with van der Waals surface area (Å²) in [7, 11) is 1.30. The van der Waals surface area contributed by atoms with Gasteiger partial charge in [-0.05, 0) is 44.0 Å². The summed E-state index contributed by atoms with van der Waals surface area (Å²) in [6.07, 6.45) is 5.22. The van der Waals surface area contributed by atoms with Gasteiger partial charge < -0.3 is 14.5 Å². The number of ether oxygens (including phenoxy) is 1. The van der Waals surface area contributed by atoms with E-state index < -0.39 is 5.97 Å². The Kier molecular flexibility index (Phi) is 6.40. The fraction of sp³-hybridized carbons (Fsp3) is 0.529. The van der Waals surface area contributed by atoms with Crippen molar-refractivity contribution in [2.24, 2.45) is 5.92 Å². The zero-order valence-electron chi connectivity index (χ0n) is 13.7. The molecule has 2 heterocycles. The van der Waals surface area contributed by atoms with Gasteiger partial charge in [-0.3, -0.25) is 9.69 Å². The van der Waals surface area contributed by atoms with Gasteiger partial charge in [0.05, 0.1) is 13.7 Å². The van der Waals surface area contributed by atoms with Crippen LogP contribution in [0.5, 0.6) is 0 Å². The van der Waals surface area contributed by atoms with Gasteiger partial charge in [-0.15, -0.1) is 0 Å². The lowest BCUT2D eigenvalue weighted by molar-refractivity contribution is -0.134. The number of methoxy groups -OCH3 is 1. The van der Waals surface area contributed by atoms with Gasteiger partial charge in [-0.2, -0.15) is 0 Å². The average Bonchev–Trinajstić information content (AvgIpc) is 3.02. The van der Waals surface area contributed by atoms with Gasteiger partial charge >= 0.3 is 5.97 Å². The lowest BCUT2D eigenvalue weighted by atomic mass is 9.99. The quantitative estimate of drug-likeness (QED) is 0.641. The molecular weight excluding hydrogens is 296 g/mol. The maximum atomic E-state index is 11.9. The molecule has 0 saturated carbocycles. The van der Waals surface area contributed by atoms with Gasteiger partial charge in [0.15, 0.2) is 5.76 Å². The molecule has 1 saturated heterocycles. The van der Waals surface area contributed by atoms with Crippen molar-refractivity contribution in [2.75, 3.05) is 26.7 Å². The van der Waals surface area contributed by atoms with Crippen molar-refractivity contribution in [2.45, 2.75) is 26.3 Å². The highest BCUT2D eigenvalue weighted by Crippen LogP contribution is 2.19. The summed E-state index contributed by atoms with van der Waals surface area (Å²) >= 11 is 0. The van der Waals surface area contributed by atoms with Crippen molar-refractivity contribution < 1.29 is 18.7 Å². The van der Waals surface area contributed by atoms with E-state index in [1.165, 1.54) is 32.1 Å². The first-order valence-corrected chi connectivity index (χ1v) is 7.92. The van der Waals surface area contributed by atoms with Gasteiger partial charge in [-0.25, -0.2) is 4.79 Å². The van der Waals surface area contributed by atoms with Crippen LogP contribution in [0.25, 0.3) is 0 Å². The molecule has 126 valence electrons. The molecule has 0 radical (unpaired) electrons. The normalized spacial score (nSPS) is 16.6. The monoisotopic (exact) mass is 320 g/mol. The molecule has 1 fully saturated rings. The lowest BCUT2D eigenvalue weighted by Gasteiger charge is -2.29. The van der Waals surface area contributed by atoms with E-state index in [-0.39, 0.29) is 18.2 Å². The Bertz CT molecular complexity index is 557. The minimum absolute atomic E-state index is 0.244. The van der Waals surface area contributed by atoms with Crippen LogP contribution < -0.4 is 5.32 Å². The highest BCUT2D eigenvalue weighted by Gasteiger charge is 2.18. The number of amides is 1. The third kappa shape index (κ3) is 5.56. The number of hydrogen-bond donors (Lipinski definition) is 1. The smallest absolute Gasteiger partial charge is 0.330 e. The van der Waals surface area contributed by atoms with Crippen LogP contribution in [0.1, 0.15) is 36.1 Å². The van der Waals surface area contributed by atoms with E-state index in [1.54, 1.807) is 6.07 Å². The summed E-state index contributed by atoms with van der Waals surface area (Å²) in [5.41, 5.74) is 0. The van der Waals surface area contributed by atoms with Crippen LogP contribution in [0, 0.1) is 5.92 Å². The second-order valence-corrected chi connectivity index (χ2v) is 5.86. The van der Waals surface area contributed by atoms with E-state index in [9.17, 15) is 9.59 Å². The molecule has 0 spiro atoms. The van der Waals surface area contributed by atoms with Crippen molar-refractivity contribution in [3.63, 3.8) is 0 Å². The van der Waals surface area contributed by atoms with Crippen LogP contribution in [-0.2, 0) is 16.1 Å². The van der Waals surface area contributed by atoms with Gasteiger partial charge in [-0.1, -0.05) is 13.0 Å². The molecule has 1 aromatic rings. The van der Waals surface area contributed by atoms with Crippen molar-refractivity contribution in [1.29, 1.82) is 0 Å². The number of likely N-dealkylation sites (tertiary alicyclic amines) is 1. The maximum absolute atomic E-state index is 11.9.